The van der Waals surface area contributed by atoms with Gasteiger partial charge in [0.25, 0.3) is 0 Å². The number of benzene rings is 1. The van der Waals surface area contributed by atoms with E-state index >= 15 is 0 Å². The first kappa shape index (κ1) is 13.4. The Kier molecular flexibility index (Phi) is 6.63. The number of rotatable bonds is 7. The number of guanidine groups is 1. The highest BCUT2D eigenvalue weighted by atomic mass is 15.1. The summed E-state index contributed by atoms with van der Waals surface area (Å²) in [6.07, 6.45) is 2.04. The molecule has 0 aliphatic carbocycles. The van der Waals surface area contributed by atoms with Gasteiger partial charge in [-0.3, -0.25) is 4.99 Å². The molecule has 0 radical (unpaired) electrons. The molecule has 1 aromatic rings. The Morgan fingerprint density at radius 2 is 2.00 bits per heavy atom. The molecule has 1 rings (SSSR count). The summed E-state index contributed by atoms with van der Waals surface area (Å²) >= 11 is 0. The number of nitrogens with two attached hydrogens (primary N) is 1. The predicted molar refractivity (Wildman–Crippen MR) is 74.3 cm³/mol. The molecule has 0 amide bonds. The molecule has 4 N–H and O–H groups in total. The molecular formula is C13H22N4. The van der Waals surface area contributed by atoms with Crippen LogP contribution in [0.2, 0.25) is 0 Å². The number of para-hydroxylation sites is 1. The summed E-state index contributed by atoms with van der Waals surface area (Å²) in [4.78, 5) is 4.16. The van der Waals surface area contributed by atoms with Crippen molar-refractivity contribution in [3.8, 4) is 0 Å². The first-order chi connectivity index (χ1) is 8.33. The standard InChI is InChI=1S/C13H22N4/c1-2-9-16-13(14)17-11-6-10-15-12-7-4-3-5-8-12/h3-5,7-8,15H,2,6,9-11H2,1H3,(H3,14,16,17). The lowest BCUT2D eigenvalue weighted by Crippen LogP contribution is -2.33. The van der Waals surface area contributed by atoms with Gasteiger partial charge in [-0.15, -0.1) is 0 Å². The third-order valence-electron chi connectivity index (χ3n) is 2.27. The van der Waals surface area contributed by atoms with Crippen LogP contribution in [0.5, 0.6) is 0 Å². The largest absolute Gasteiger partial charge is 0.385 e. The van der Waals surface area contributed by atoms with Gasteiger partial charge >= 0.3 is 0 Å². The first-order valence-corrected chi connectivity index (χ1v) is 6.15. The van der Waals surface area contributed by atoms with E-state index in [2.05, 4.69) is 34.7 Å². The zero-order valence-electron chi connectivity index (χ0n) is 10.4. The van der Waals surface area contributed by atoms with Crippen molar-refractivity contribution in [1.82, 2.24) is 5.32 Å². The predicted octanol–water partition coefficient (Wildman–Crippen LogP) is 1.80. The van der Waals surface area contributed by atoms with Gasteiger partial charge in [-0.25, -0.2) is 0 Å². The first-order valence-electron chi connectivity index (χ1n) is 6.15. The van der Waals surface area contributed by atoms with Crippen LogP contribution in [0.15, 0.2) is 35.3 Å². The normalized spacial score (nSPS) is 11.2. The van der Waals surface area contributed by atoms with Crippen LogP contribution in [0.25, 0.3) is 0 Å². The van der Waals surface area contributed by atoms with E-state index in [-0.39, 0.29) is 0 Å². The minimum Gasteiger partial charge on any atom is -0.385 e. The SMILES string of the molecule is CCCN=C(N)NCCCNc1ccccc1. The quantitative estimate of drug-likeness (QED) is 0.383. The van der Waals surface area contributed by atoms with E-state index in [1.165, 1.54) is 0 Å². The maximum atomic E-state index is 5.67. The summed E-state index contributed by atoms with van der Waals surface area (Å²) in [5, 5.41) is 6.43. The van der Waals surface area contributed by atoms with E-state index in [4.69, 9.17) is 5.73 Å². The Hall–Kier alpha value is -1.71. The van der Waals surface area contributed by atoms with Crippen molar-refractivity contribution in [2.45, 2.75) is 19.8 Å². The molecule has 0 saturated carbocycles. The van der Waals surface area contributed by atoms with Crippen LogP contribution in [0.3, 0.4) is 0 Å². The highest BCUT2D eigenvalue weighted by Gasteiger charge is 1.92. The lowest BCUT2D eigenvalue weighted by Gasteiger charge is -2.07. The second-order valence-corrected chi connectivity index (χ2v) is 3.84. The Morgan fingerprint density at radius 1 is 1.24 bits per heavy atom. The third-order valence-corrected chi connectivity index (χ3v) is 2.27. The fourth-order valence-electron chi connectivity index (χ4n) is 1.38. The van der Waals surface area contributed by atoms with Crippen LogP contribution in [0.4, 0.5) is 5.69 Å². The molecule has 0 atom stereocenters. The van der Waals surface area contributed by atoms with Crippen LogP contribution in [-0.4, -0.2) is 25.6 Å². The Balaban J connectivity index is 2.05. The minimum atomic E-state index is 0.548. The molecule has 0 fully saturated rings. The molecule has 0 unspecified atom stereocenters. The molecule has 4 nitrogen and oxygen atoms in total. The number of nitrogens with zero attached hydrogens (tertiary/aromatic N) is 1. The molecule has 0 spiro atoms. The fraction of sp³-hybridized carbons (Fsp3) is 0.462. The smallest absolute Gasteiger partial charge is 0.188 e. The molecule has 0 aliphatic heterocycles. The van der Waals surface area contributed by atoms with Crippen LogP contribution >= 0.6 is 0 Å². The second-order valence-electron chi connectivity index (χ2n) is 3.84. The van der Waals surface area contributed by atoms with Crippen molar-refractivity contribution in [2.24, 2.45) is 10.7 Å². The van der Waals surface area contributed by atoms with Crippen molar-refractivity contribution in [3.05, 3.63) is 30.3 Å². The van der Waals surface area contributed by atoms with Crippen LogP contribution in [-0.2, 0) is 0 Å². The Morgan fingerprint density at radius 3 is 2.71 bits per heavy atom. The highest BCUT2D eigenvalue weighted by molar-refractivity contribution is 5.77. The molecule has 0 aromatic heterocycles. The van der Waals surface area contributed by atoms with Crippen LogP contribution in [0.1, 0.15) is 19.8 Å². The summed E-state index contributed by atoms with van der Waals surface area (Å²) in [5.74, 6) is 0.548. The van der Waals surface area contributed by atoms with Crippen molar-refractivity contribution < 1.29 is 0 Å². The molecule has 17 heavy (non-hydrogen) atoms. The van der Waals surface area contributed by atoms with E-state index in [0.29, 0.717) is 5.96 Å². The monoisotopic (exact) mass is 234 g/mol. The van der Waals surface area contributed by atoms with Gasteiger partial charge in [0.1, 0.15) is 0 Å². The molecular weight excluding hydrogens is 212 g/mol. The van der Waals surface area contributed by atoms with Crippen molar-refractivity contribution >= 4 is 11.6 Å². The van der Waals surface area contributed by atoms with Gasteiger partial charge < -0.3 is 16.4 Å². The van der Waals surface area contributed by atoms with E-state index < -0.39 is 0 Å². The van der Waals surface area contributed by atoms with E-state index in [0.717, 1.165) is 38.2 Å². The van der Waals surface area contributed by atoms with E-state index in [1.807, 2.05) is 18.2 Å². The van der Waals surface area contributed by atoms with Gasteiger partial charge in [0, 0.05) is 25.3 Å². The second kappa shape index (κ2) is 8.44. The number of hydrogen-bond donors (Lipinski definition) is 3. The molecule has 0 saturated heterocycles. The van der Waals surface area contributed by atoms with Crippen LogP contribution in [0, 0.1) is 0 Å². The van der Waals surface area contributed by atoms with Gasteiger partial charge in [-0.2, -0.15) is 0 Å². The molecule has 0 aliphatic rings. The summed E-state index contributed by atoms with van der Waals surface area (Å²) in [5.41, 5.74) is 6.82. The lowest BCUT2D eigenvalue weighted by atomic mass is 10.3. The number of aliphatic imine (C=N–C) groups is 1. The molecule has 94 valence electrons. The topological polar surface area (TPSA) is 62.4 Å². The molecule has 0 heterocycles. The Bertz CT molecular complexity index is 321. The minimum absolute atomic E-state index is 0.548. The molecule has 1 aromatic carbocycles. The highest BCUT2D eigenvalue weighted by Crippen LogP contribution is 2.03. The van der Waals surface area contributed by atoms with Crippen molar-refractivity contribution in [2.75, 3.05) is 25.0 Å². The van der Waals surface area contributed by atoms with E-state index in [1.54, 1.807) is 0 Å². The Labute approximate surface area is 103 Å². The summed E-state index contributed by atoms with van der Waals surface area (Å²) < 4.78 is 0. The number of nitrogens with one attached hydrogen (secondary N) is 2. The third kappa shape index (κ3) is 6.45. The van der Waals surface area contributed by atoms with Crippen molar-refractivity contribution in [3.63, 3.8) is 0 Å². The fourth-order valence-corrected chi connectivity index (χ4v) is 1.38. The maximum absolute atomic E-state index is 5.67. The summed E-state index contributed by atoms with van der Waals surface area (Å²) in [6.45, 7) is 4.65. The molecule has 4 heteroatoms. The van der Waals surface area contributed by atoms with E-state index in [9.17, 15) is 0 Å². The summed E-state index contributed by atoms with van der Waals surface area (Å²) in [6, 6.07) is 10.2. The van der Waals surface area contributed by atoms with Crippen LogP contribution < -0.4 is 16.4 Å². The van der Waals surface area contributed by atoms with Crippen molar-refractivity contribution in [1.29, 1.82) is 0 Å². The van der Waals surface area contributed by atoms with Gasteiger partial charge in [0.05, 0.1) is 0 Å². The zero-order chi connectivity index (χ0) is 12.3. The molecule has 0 bridgehead atoms. The van der Waals surface area contributed by atoms with Gasteiger partial charge in [-0.1, -0.05) is 25.1 Å². The summed E-state index contributed by atoms with van der Waals surface area (Å²) in [7, 11) is 0. The number of hydrogen-bond acceptors (Lipinski definition) is 2. The van der Waals surface area contributed by atoms with Gasteiger partial charge in [-0.05, 0) is 25.0 Å². The average Bonchev–Trinajstić information content (AvgIpc) is 2.37. The number of anilines is 1. The average molecular weight is 234 g/mol. The van der Waals surface area contributed by atoms with Gasteiger partial charge in [0.2, 0.25) is 0 Å². The zero-order valence-corrected chi connectivity index (χ0v) is 10.4. The maximum Gasteiger partial charge on any atom is 0.188 e. The van der Waals surface area contributed by atoms with Gasteiger partial charge in [0.15, 0.2) is 5.96 Å². The lowest BCUT2D eigenvalue weighted by molar-refractivity contribution is 0.791.